The second-order valence-corrected chi connectivity index (χ2v) is 4.59. The molecule has 0 unspecified atom stereocenters. The van der Waals surface area contributed by atoms with Crippen LogP contribution in [0, 0.1) is 24.7 Å². The standard InChI is InChI=1S/C12H14O2S.C2H6/c1-8(2)5-6-10-7-9(3)11(15-10)12(13)14-4;1-2/h7-8H,1-4H3;1-2H3. The Balaban J connectivity index is 0.00000121. The third-order valence-electron chi connectivity index (χ3n) is 1.77. The van der Waals surface area contributed by atoms with E-state index in [1.807, 2.05) is 40.7 Å². The van der Waals surface area contributed by atoms with E-state index in [-0.39, 0.29) is 5.97 Å². The molecule has 0 spiro atoms. The lowest BCUT2D eigenvalue weighted by Gasteiger charge is -1.94. The Labute approximate surface area is 108 Å². The van der Waals surface area contributed by atoms with Crippen LogP contribution >= 0.6 is 11.3 Å². The molecule has 0 aliphatic rings. The molecule has 1 aromatic rings. The molecular weight excluding hydrogens is 232 g/mol. The minimum Gasteiger partial charge on any atom is -0.465 e. The number of methoxy groups -OCH3 is 1. The van der Waals surface area contributed by atoms with Crippen molar-refractivity contribution >= 4 is 17.3 Å². The largest absolute Gasteiger partial charge is 0.465 e. The van der Waals surface area contributed by atoms with Crippen molar-refractivity contribution in [2.45, 2.75) is 34.6 Å². The summed E-state index contributed by atoms with van der Waals surface area (Å²) in [6.07, 6.45) is 0. The fourth-order valence-corrected chi connectivity index (χ4v) is 2.01. The number of hydrogen-bond donors (Lipinski definition) is 0. The first-order valence-corrected chi connectivity index (χ1v) is 6.56. The van der Waals surface area contributed by atoms with Gasteiger partial charge >= 0.3 is 5.97 Å². The number of hydrogen-bond acceptors (Lipinski definition) is 3. The van der Waals surface area contributed by atoms with Gasteiger partial charge in [0, 0.05) is 5.92 Å². The maximum absolute atomic E-state index is 11.3. The summed E-state index contributed by atoms with van der Waals surface area (Å²) >= 11 is 1.39. The van der Waals surface area contributed by atoms with Crippen LogP contribution in [0.4, 0.5) is 0 Å². The van der Waals surface area contributed by atoms with Gasteiger partial charge in [0.15, 0.2) is 0 Å². The van der Waals surface area contributed by atoms with E-state index in [0.29, 0.717) is 10.8 Å². The predicted octanol–water partition coefficient (Wildman–Crippen LogP) is 3.88. The second-order valence-electron chi connectivity index (χ2n) is 3.54. The molecule has 0 N–H and O–H groups in total. The average molecular weight is 252 g/mol. The molecule has 1 heterocycles. The number of thiophene rings is 1. The zero-order valence-corrected chi connectivity index (χ0v) is 12.2. The molecule has 0 saturated heterocycles. The second kappa shape index (κ2) is 7.92. The molecule has 1 aromatic heterocycles. The molecule has 0 aliphatic heterocycles. The fourth-order valence-electron chi connectivity index (χ4n) is 1.05. The Morgan fingerprint density at radius 1 is 1.41 bits per heavy atom. The Morgan fingerprint density at radius 3 is 2.47 bits per heavy atom. The van der Waals surface area contributed by atoms with Gasteiger partial charge in [0.1, 0.15) is 4.88 Å². The normalized spacial score (nSPS) is 8.88. The molecule has 1 rings (SSSR count). The van der Waals surface area contributed by atoms with E-state index in [1.165, 1.54) is 18.4 Å². The van der Waals surface area contributed by atoms with E-state index < -0.39 is 0 Å². The molecule has 3 heteroatoms. The van der Waals surface area contributed by atoms with Crippen molar-refractivity contribution in [2.75, 3.05) is 7.11 Å². The van der Waals surface area contributed by atoms with E-state index in [9.17, 15) is 4.79 Å². The number of esters is 1. The van der Waals surface area contributed by atoms with Gasteiger partial charge in [-0.05, 0) is 18.6 Å². The summed E-state index contributed by atoms with van der Waals surface area (Å²) in [5.74, 6) is 6.17. The van der Waals surface area contributed by atoms with Crippen molar-refractivity contribution in [3.05, 3.63) is 21.4 Å². The minimum atomic E-state index is -0.282. The first kappa shape index (κ1) is 15.7. The number of carbonyl (C=O) groups excluding carboxylic acids is 1. The monoisotopic (exact) mass is 252 g/mol. The van der Waals surface area contributed by atoms with Gasteiger partial charge in [-0.1, -0.05) is 39.5 Å². The van der Waals surface area contributed by atoms with Crippen LogP contribution in [0.5, 0.6) is 0 Å². The molecule has 0 amide bonds. The maximum Gasteiger partial charge on any atom is 0.348 e. The molecule has 94 valence electrons. The topological polar surface area (TPSA) is 26.3 Å². The summed E-state index contributed by atoms with van der Waals surface area (Å²) in [5.41, 5.74) is 0.930. The zero-order chi connectivity index (χ0) is 13.4. The molecule has 2 nitrogen and oxygen atoms in total. The highest BCUT2D eigenvalue weighted by Gasteiger charge is 2.12. The average Bonchev–Trinajstić information content (AvgIpc) is 2.69. The Kier molecular flexibility index (Phi) is 7.32. The molecule has 0 aliphatic carbocycles. The van der Waals surface area contributed by atoms with Crippen LogP contribution < -0.4 is 0 Å². The summed E-state index contributed by atoms with van der Waals surface area (Å²) in [7, 11) is 1.39. The highest BCUT2D eigenvalue weighted by atomic mass is 32.1. The van der Waals surface area contributed by atoms with Crippen molar-refractivity contribution in [1.82, 2.24) is 0 Å². The summed E-state index contributed by atoms with van der Waals surface area (Å²) in [4.78, 5) is 12.9. The van der Waals surface area contributed by atoms with Crippen LogP contribution in [0.1, 0.15) is 47.8 Å². The SMILES string of the molecule is CC.COC(=O)c1sc(C#CC(C)C)cc1C. The number of aryl methyl sites for hydroxylation is 1. The van der Waals surface area contributed by atoms with Crippen LogP contribution in [0.2, 0.25) is 0 Å². The van der Waals surface area contributed by atoms with E-state index in [2.05, 4.69) is 16.6 Å². The Hall–Kier alpha value is -1.27. The molecule has 0 bridgehead atoms. The summed E-state index contributed by atoms with van der Waals surface area (Å²) in [5, 5.41) is 0. The maximum atomic E-state index is 11.3. The fraction of sp³-hybridized carbons (Fsp3) is 0.500. The zero-order valence-electron chi connectivity index (χ0n) is 11.4. The lowest BCUT2D eigenvalue weighted by molar-refractivity contribution is 0.0605. The van der Waals surface area contributed by atoms with Crippen LogP contribution in [-0.2, 0) is 4.74 Å². The van der Waals surface area contributed by atoms with E-state index in [0.717, 1.165) is 10.4 Å². The van der Waals surface area contributed by atoms with Crippen molar-refractivity contribution < 1.29 is 9.53 Å². The summed E-state index contributed by atoms with van der Waals surface area (Å²) in [6.45, 7) is 9.96. The highest BCUT2D eigenvalue weighted by Crippen LogP contribution is 2.21. The first-order chi connectivity index (χ1) is 8.04. The van der Waals surface area contributed by atoms with Crippen LogP contribution in [0.25, 0.3) is 0 Å². The van der Waals surface area contributed by atoms with Gasteiger partial charge in [-0.25, -0.2) is 4.79 Å². The summed E-state index contributed by atoms with van der Waals surface area (Å²) < 4.78 is 4.68. The number of carbonyl (C=O) groups is 1. The van der Waals surface area contributed by atoms with Crippen LogP contribution in [0.15, 0.2) is 6.07 Å². The van der Waals surface area contributed by atoms with E-state index in [4.69, 9.17) is 0 Å². The van der Waals surface area contributed by atoms with Gasteiger partial charge in [-0.2, -0.15) is 0 Å². The van der Waals surface area contributed by atoms with E-state index in [1.54, 1.807) is 0 Å². The molecule has 0 atom stereocenters. The highest BCUT2D eigenvalue weighted by molar-refractivity contribution is 7.14. The molecular formula is C14H20O2S. The third-order valence-corrected chi connectivity index (χ3v) is 2.91. The first-order valence-electron chi connectivity index (χ1n) is 5.75. The Bertz CT molecular complexity index is 419. The Morgan fingerprint density at radius 2 is 2.00 bits per heavy atom. The molecule has 0 radical (unpaired) electrons. The predicted molar refractivity (Wildman–Crippen MR) is 73.5 cm³/mol. The number of ether oxygens (including phenoxy) is 1. The number of rotatable bonds is 1. The van der Waals surface area contributed by atoms with Crippen LogP contribution in [-0.4, -0.2) is 13.1 Å². The van der Waals surface area contributed by atoms with E-state index >= 15 is 0 Å². The molecule has 0 aromatic carbocycles. The van der Waals surface area contributed by atoms with Gasteiger partial charge in [-0.3, -0.25) is 0 Å². The van der Waals surface area contributed by atoms with Gasteiger partial charge < -0.3 is 4.74 Å². The van der Waals surface area contributed by atoms with Gasteiger partial charge in [0.05, 0.1) is 12.0 Å². The van der Waals surface area contributed by atoms with Crippen molar-refractivity contribution in [3.8, 4) is 11.8 Å². The van der Waals surface area contributed by atoms with Crippen molar-refractivity contribution in [3.63, 3.8) is 0 Å². The smallest absolute Gasteiger partial charge is 0.348 e. The molecule has 17 heavy (non-hydrogen) atoms. The van der Waals surface area contributed by atoms with Gasteiger partial charge in [-0.15, -0.1) is 11.3 Å². The van der Waals surface area contributed by atoms with Crippen molar-refractivity contribution in [1.29, 1.82) is 0 Å². The summed E-state index contributed by atoms with van der Waals surface area (Å²) in [6, 6.07) is 1.92. The van der Waals surface area contributed by atoms with Gasteiger partial charge in [0.2, 0.25) is 0 Å². The molecule has 0 fully saturated rings. The van der Waals surface area contributed by atoms with Crippen LogP contribution in [0.3, 0.4) is 0 Å². The lowest BCUT2D eigenvalue weighted by Crippen LogP contribution is -1.99. The molecule has 0 saturated carbocycles. The van der Waals surface area contributed by atoms with Gasteiger partial charge in [0.25, 0.3) is 0 Å². The quantitative estimate of drug-likeness (QED) is 0.560. The lowest BCUT2D eigenvalue weighted by atomic mass is 10.2. The van der Waals surface area contributed by atoms with Crippen molar-refractivity contribution in [2.24, 2.45) is 5.92 Å². The minimum absolute atomic E-state index is 0.282. The third kappa shape index (κ3) is 5.06.